The number of benzene rings is 1. The number of aryl methyl sites for hydroxylation is 1. The van der Waals surface area contributed by atoms with E-state index in [1.807, 2.05) is 32.9 Å². The van der Waals surface area contributed by atoms with Crippen LogP contribution in [0.2, 0.25) is 0 Å². The molecular weight excluding hydrogens is 254 g/mol. The zero-order chi connectivity index (χ0) is 15.2. The fourth-order valence-corrected chi connectivity index (χ4v) is 1.62. The second kappa shape index (κ2) is 6.85. The molecule has 0 saturated heterocycles. The van der Waals surface area contributed by atoms with Gasteiger partial charge in [0.05, 0.1) is 12.8 Å². The van der Waals surface area contributed by atoms with Gasteiger partial charge in [-0.05, 0) is 44.9 Å². The molecule has 4 nitrogen and oxygen atoms in total. The zero-order valence-corrected chi connectivity index (χ0v) is 12.4. The number of methoxy groups -OCH3 is 1. The van der Waals surface area contributed by atoms with E-state index in [9.17, 15) is 4.79 Å². The van der Waals surface area contributed by atoms with Crippen molar-refractivity contribution in [3.63, 3.8) is 0 Å². The van der Waals surface area contributed by atoms with Crippen LogP contribution in [0.1, 0.15) is 32.8 Å². The summed E-state index contributed by atoms with van der Waals surface area (Å²) in [6.45, 7) is 5.44. The molecule has 0 bridgehead atoms. The second-order valence-corrected chi connectivity index (χ2v) is 5.37. The first-order chi connectivity index (χ1) is 9.35. The van der Waals surface area contributed by atoms with Gasteiger partial charge in [0, 0.05) is 6.42 Å². The van der Waals surface area contributed by atoms with Gasteiger partial charge in [-0.3, -0.25) is 5.32 Å². The number of carbonyl (C=O) groups excluding carboxylic acids is 1. The van der Waals surface area contributed by atoms with E-state index in [-0.39, 0.29) is 0 Å². The van der Waals surface area contributed by atoms with E-state index in [0.29, 0.717) is 17.9 Å². The predicted molar refractivity (Wildman–Crippen MR) is 80.0 cm³/mol. The van der Waals surface area contributed by atoms with Crippen molar-refractivity contribution in [3.8, 4) is 18.1 Å². The third-order valence-electron chi connectivity index (χ3n) is 2.46. The van der Waals surface area contributed by atoms with Crippen LogP contribution in [-0.2, 0) is 11.2 Å². The van der Waals surface area contributed by atoms with Gasteiger partial charge in [0.1, 0.15) is 11.4 Å². The summed E-state index contributed by atoms with van der Waals surface area (Å²) >= 11 is 0. The molecule has 1 rings (SSSR count). The molecule has 20 heavy (non-hydrogen) atoms. The van der Waals surface area contributed by atoms with Crippen LogP contribution in [0.5, 0.6) is 5.75 Å². The maximum atomic E-state index is 11.7. The number of hydrogen-bond donors (Lipinski definition) is 1. The van der Waals surface area contributed by atoms with E-state index in [1.165, 1.54) is 0 Å². The first-order valence-electron chi connectivity index (χ1n) is 6.46. The molecular formula is C16H21NO3. The van der Waals surface area contributed by atoms with Crippen LogP contribution >= 0.6 is 0 Å². The van der Waals surface area contributed by atoms with E-state index >= 15 is 0 Å². The Morgan fingerprint density at radius 1 is 1.40 bits per heavy atom. The van der Waals surface area contributed by atoms with E-state index in [4.69, 9.17) is 15.9 Å². The molecule has 1 amide bonds. The topological polar surface area (TPSA) is 47.6 Å². The van der Waals surface area contributed by atoms with Crippen LogP contribution in [0, 0.1) is 12.3 Å². The molecule has 0 aromatic heterocycles. The molecule has 0 spiro atoms. The summed E-state index contributed by atoms with van der Waals surface area (Å²) in [6.07, 6.45) is 6.19. The SMILES string of the molecule is C#CCCc1ccc(NC(=O)OC(C)(C)C)c(OC)c1. The number of anilines is 1. The van der Waals surface area contributed by atoms with Crippen molar-refractivity contribution in [2.45, 2.75) is 39.2 Å². The number of nitrogens with one attached hydrogen (secondary N) is 1. The Morgan fingerprint density at radius 2 is 2.10 bits per heavy atom. The summed E-state index contributed by atoms with van der Waals surface area (Å²) in [5, 5.41) is 2.67. The van der Waals surface area contributed by atoms with Crippen LogP contribution in [0.25, 0.3) is 0 Å². The summed E-state index contributed by atoms with van der Waals surface area (Å²) in [5.74, 6) is 3.18. The molecule has 0 heterocycles. The lowest BCUT2D eigenvalue weighted by molar-refractivity contribution is 0.0635. The maximum Gasteiger partial charge on any atom is 0.412 e. The number of rotatable bonds is 4. The molecule has 0 aliphatic heterocycles. The Balaban J connectivity index is 2.80. The number of hydrogen-bond acceptors (Lipinski definition) is 3. The fourth-order valence-electron chi connectivity index (χ4n) is 1.62. The fraction of sp³-hybridized carbons (Fsp3) is 0.438. The van der Waals surface area contributed by atoms with Gasteiger partial charge in [-0.25, -0.2) is 4.79 Å². The van der Waals surface area contributed by atoms with Crippen LogP contribution in [-0.4, -0.2) is 18.8 Å². The first kappa shape index (κ1) is 15.9. The zero-order valence-electron chi connectivity index (χ0n) is 12.4. The number of ether oxygens (including phenoxy) is 2. The molecule has 0 aliphatic rings. The van der Waals surface area contributed by atoms with Crippen molar-refractivity contribution in [2.75, 3.05) is 12.4 Å². The first-order valence-corrected chi connectivity index (χ1v) is 6.46. The molecule has 1 aromatic rings. The largest absolute Gasteiger partial charge is 0.495 e. The molecule has 0 saturated carbocycles. The van der Waals surface area contributed by atoms with Gasteiger partial charge in [0.25, 0.3) is 0 Å². The van der Waals surface area contributed by atoms with E-state index in [1.54, 1.807) is 13.2 Å². The van der Waals surface area contributed by atoms with Crippen LogP contribution in [0.4, 0.5) is 10.5 Å². The Morgan fingerprint density at radius 3 is 2.65 bits per heavy atom. The Kier molecular flexibility index (Phi) is 5.45. The van der Waals surface area contributed by atoms with Gasteiger partial charge >= 0.3 is 6.09 Å². The van der Waals surface area contributed by atoms with Gasteiger partial charge in [-0.1, -0.05) is 6.07 Å². The molecule has 108 valence electrons. The van der Waals surface area contributed by atoms with Crippen molar-refractivity contribution < 1.29 is 14.3 Å². The average molecular weight is 275 g/mol. The molecule has 0 unspecified atom stereocenters. The second-order valence-electron chi connectivity index (χ2n) is 5.37. The highest BCUT2D eigenvalue weighted by molar-refractivity contribution is 5.87. The van der Waals surface area contributed by atoms with Crippen LogP contribution in [0.15, 0.2) is 18.2 Å². The predicted octanol–water partition coefficient (Wildman–Crippen LogP) is 3.61. The van der Waals surface area contributed by atoms with Crippen LogP contribution in [0.3, 0.4) is 0 Å². The minimum atomic E-state index is -0.538. The lowest BCUT2D eigenvalue weighted by Crippen LogP contribution is -2.27. The molecule has 1 N–H and O–H groups in total. The number of carbonyl (C=O) groups is 1. The van der Waals surface area contributed by atoms with E-state index in [2.05, 4.69) is 11.2 Å². The van der Waals surface area contributed by atoms with Crippen molar-refractivity contribution in [2.24, 2.45) is 0 Å². The average Bonchev–Trinajstić information content (AvgIpc) is 2.35. The molecule has 0 fully saturated rings. The van der Waals surface area contributed by atoms with Crippen molar-refractivity contribution in [3.05, 3.63) is 23.8 Å². The Labute approximate surface area is 120 Å². The van der Waals surface area contributed by atoms with E-state index in [0.717, 1.165) is 12.0 Å². The van der Waals surface area contributed by atoms with Gasteiger partial charge < -0.3 is 9.47 Å². The minimum absolute atomic E-state index is 0.507. The third kappa shape index (κ3) is 5.23. The molecule has 0 atom stereocenters. The quantitative estimate of drug-likeness (QED) is 0.854. The van der Waals surface area contributed by atoms with Crippen LogP contribution < -0.4 is 10.1 Å². The number of terminal acetylenes is 1. The highest BCUT2D eigenvalue weighted by Crippen LogP contribution is 2.26. The van der Waals surface area contributed by atoms with Gasteiger partial charge in [-0.15, -0.1) is 12.3 Å². The molecule has 4 heteroatoms. The monoisotopic (exact) mass is 275 g/mol. The Hall–Kier alpha value is -2.15. The standard InChI is InChI=1S/C16H21NO3/c1-6-7-8-12-9-10-13(14(11-12)19-5)17-15(18)20-16(2,3)4/h1,9-11H,7-8H2,2-5H3,(H,17,18). The van der Waals surface area contributed by atoms with Crippen molar-refractivity contribution in [1.29, 1.82) is 0 Å². The lowest BCUT2D eigenvalue weighted by Gasteiger charge is -2.20. The van der Waals surface area contributed by atoms with Gasteiger partial charge in [0.2, 0.25) is 0 Å². The minimum Gasteiger partial charge on any atom is -0.495 e. The van der Waals surface area contributed by atoms with E-state index < -0.39 is 11.7 Å². The summed E-state index contributed by atoms with van der Waals surface area (Å²) in [7, 11) is 1.56. The maximum absolute atomic E-state index is 11.7. The third-order valence-corrected chi connectivity index (χ3v) is 2.46. The normalized spacial score (nSPS) is 10.6. The Bertz CT molecular complexity index is 509. The van der Waals surface area contributed by atoms with Gasteiger partial charge in [-0.2, -0.15) is 0 Å². The van der Waals surface area contributed by atoms with Crippen molar-refractivity contribution in [1.82, 2.24) is 0 Å². The highest BCUT2D eigenvalue weighted by Gasteiger charge is 2.17. The summed E-state index contributed by atoms with van der Waals surface area (Å²) in [4.78, 5) is 11.7. The lowest BCUT2D eigenvalue weighted by atomic mass is 10.1. The molecule has 0 radical (unpaired) electrons. The highest BCUT2D eigenvalue weighted by atomic mass is 16.6. The molecule has 0 aliphatic carbocycles. The molecule has 1 aromatic carbocycles. The summed E-state index contributed by atoms with van der Waals surface area (Å²) in [5.41, 5.74) is 1.10. The van der Waals surface area contributed by atoms with Crippen molar-refractivity contribution >= 4 is 11.8 Å². The smallest absolute Gasteiger partial charge is 0.412 e. The summed E-state index contributed by atoms with van der Waals surface area (Å²) < 4.78 is 10.5. The summed E-state index contributed by atoms with van der Waals surface area (Å²) in [6, 6.07) is 5.56. The number of amides is 1. The van der Waals surface area contributed by atoms with Gasteiger partial charge in [0.15, 0.2) is 0 Å².